The van der Waals surface area contributed by atoms with Crippen LogP contribution in [-0.4, -0.2) is 57.6 Å². The molecule has 1 N–H and O–H groups in total. The molecule has 0 saturated carbocycles. The van der Waals surface area contributed by atoms with Crippen molar-refractivity contribution in [2.45, 2.75) is 24.8 Å². The lowest BCUT2D eigenvalue weighted by Crippen LogP contribution is -2.28. The average molecular weight is 555 g/mol. The Kier molecular flexibility index (Phi) is 8.17. The minimum Gasteiger partial charge on any atom is -0.464 e. The van der Waals surface area contributed by atoms with Crippen molar-refractivity contribution in [3.8, 4) is 0 Å². The van der Waals surface area contributed by atoms with E-state index in [9.17, 15) is 26.4 Å². The number of nitrogens with zero attached hydrogens (tertiary/aromatic N) is 1. The summed E-state index contributed by atoms with van der Waals surface area (Å²) in [7, 11) is -5.54. The maximum Gasteiger partial charge on any atom is 0.321 e. The average Bonchev–Trinajstić information content (AvgIpc) is 3.09. The number of carbonyl (C=O) groups is 2. The van der Waals surface area contributed by atoms with Gasteiger partial charge in [0.1, 0.15) is 12.3 Å². The summed E-state index contributed by atoms with van der Waals surface area (Å²) < 4.78 is 53.7. The van der Waals surface area contributed by atoms with E-state index in [1.807, 2.05) is 19.1 Å². The number of aromatic nitrogens is 1. The largest absolute Gasteiger partial charge is 0.464 e. The van der Waals surface area contributed by atoms with E-state index in [1.54, 1.807) is 36.7 Å². The van der Waals surface area contributed by atoms with Gasteiger partial charge in [-0.15, -0.1) is 0 Å². The molecule has 0 saturated heterocycles. The number of halogens is 1. The molecule has 0 fully saturated rings. The Labute approximate surface area is 215 Å². The zero-order valence-corrected chi connectivity index (χ0v) is 22.6. The van der Waals surface area contributed by atoms with Gasteiger partial charge < -0.3 is 14.6 Å². The fourth-order valence-corrected chi connectivity index (χ4v) is 5.46. The lowest BCUT2D eigenvalue weighted by atomic mass is 10.1. The highest BCUT2D eigenvalue weighted by Crippen LogP contribution is 2.28. The zero-order valence-electron chi connectivity index (χ0n) is 20.2. The second-order valence-corrected chi connectivity index (χ2v) is 13.3. The summed E-state index contributed by atoms with van der Waals surface area (Å²) in [4.78, 5) is 24.7. The summed E-state index contributed by atoms with van der Waals surface area (Å²) in [6, 6.07) is 10.9. The van der Waals surface area contributed by atoms with Gasteiger partial charge in [-0.05, 0) is 55.3 Å². The van der Waals surface area contributed by atoms with Gasteiger partial charge in [0.05, 0.1) is 27.2 Å². The van der Waals surface area contributed by atoms with E-state index in [0.717, 1.165) is 22.7 Å². The van der Waals surface area contributed by atoms with Crippen molar-refractivity contribution in [1.29, 1.82) is 0 Å². The Morgan fingerprint density at radius 3 is 2.33 bits per heavy atom. The Hall–Kier alpha value is -2.89. The molecule has 0 aliphatic carbocycles. The van der Waals surface area contributed by atoms with Gasteiger partial charge in [-0.1, -0.05) is 23.7 Å². The maximum atomic E-state index is 13.0. The quantitative estimate of drug-likeness (QED) is 0.402. The molecular formula is C24H27ClN2O7S2. The van der Waals surface area contributed by atoms with E-state index in [4.69, 9.17) is 16.3 Å². The van der Waals surface area contributed by atoms with Crippen LogP contribution in [0.25, 0.3) is 10.9 Å². The smallest absolute Gasteiger partial charge is 0.321 e. The lowest BCUT2D eigenvalue weighted by Gasteiger charge is -2.15. The van der Waals surface area contributed by atoms with Crippen molar-refractivity contribution in [2.24, 2.45) is 7.05 Å². The Morgan fingerprint density at radius 1 is 1.08 bits per heavy atom. The van der Waals surface area contributed by atoms with Gasteiger partial charge in [-0.25, -0.2) is 16.8 Å². The topological polar surface area (TPSA) is 129 Å². The number of fused-ring (bicyclic) bond motifs is 1. The Morgan fingerprint density at radius 2 is 1.72 bits per heavy atom. The van der Waals surface area contributed by atoms with Crippen LogP contribution in [0.1, 0.15) is 34.6 Å². The molecule has 3 aromatic rings. The molecule has 1 atom stereocenters. The molecule has 0 aliphatic heterocycles. The lowest BCUT2D eigenvalue weighted by molar-refractivity contribution is -0.139. The molecule has 1 amide bonds. The number of amides is 1. The van der Waals surface area contributed by atoms with Gasteiger partial charge >= 0.3 is 5.97 Å². The monoisotopic (exact) mass is 554 g/mol. The Balaban J connectivity index is 1.67. The van der Waals surface area contributed by atoms with Gasteiger partial charge in [0.2, 0.25) is 0 Å². The molecule has 1 aromatic heterocycles. The van der Waals surface area contributed by atoms with Gasteiger partial charge in [-0.2, -0.15) is 0 Å². The van der Waals surface area contributed by atoms with Crippen molar-refractivity contribution in [3.05, 3.63) is 64.3 Å². The summed E-state index contributed by atoms with van der Waals surface area (Å²) in [5.41, 5.74) is 2.90. The number of carbonyl (C=O) groups excluding carboxylic acids is 2. The summed E-state index contributed by atoms with van der Waals surface area (Å²) in [6.07, 6.45) is 0.987. The molecule has 1 heterocycles. The molecule has 0 spiro atoms. The van der Waals surface area contributed by atoms with E-state index in [-0.39, 0.29) is 16.6 Å². The number of hydrogen-bond acceptors (Lipinski definition) is 7. The summed E-state index contributed by atoms with van der Waals surface area (Å²) in [6.45, 7) is 3.28. The Bertz CT molecular complexity index is 1530. The third-order valence-corrected chi connectivity index (χ3v) is 8.43. The molecule has 2 aromatic carbocycles. The first-order valence-electron chi connectivity index (χ1n) is 10.9. The number of esters is 1. The van der Waals surface area contributed by atoms with Crippen LogP contribution in [0.5, 0.6) is 0 Å². The van der Waals surface area contributed by atoms with E-state index in [0.29, 0.717) is 16.3 Å². The minimum atomic E-state index is -3.99. The fraction of sp³-hybridized carbons (Fsp3) is 0.333. The molecule has 0 aliphatic rings. The molecule has 1 unspecified atom stereocenters. The summed E-state index contributed by atoms with van der Waals surface area (Å²) >= 11 is 6.33. The number of nitrogens with one attached hydrogen (secondary N) is 1. The second kappa shape index (κ2) is 10.6. The van der Waals surface area contributed by atoms with E-state index >= 15 is 0 Å². The number of benzene rings is 2. The minimum absolute atomic E-state index is 0.0939. The van der Waals surface area contributed by atoms with Crippen molar-refractivity contribution in [2.75, 3.05) is 24.4 Å². The van der Waals surface area contributed by atoms with Gasteiger partial charge in [-0.3, -0.25) is 9.59 Å². The summed E-state index contributed by atoms with van der Waals surface area (Å²) in [5.74, 6) is -2.65. The molecule has 0 radical (unpaired) electrons. The molecule has 0 bridgehead atoms. The number of hydrogen-bond donors (Lipinski definition) is 1. The molecular weight excluding hydrogens is 528 g/mol. The van der Waals surface area contributed by atoms with Gasteiger partial charge in [0.15, 0.2) is 25.4 Å². The molecule has 12 heteroatoms. The number of rotatable bonds is 9. The highest BCUT2D eigenvalue weighted by molar-refractivity contribution is 7.92. The van der Waals surface area contributed by atoms with Crippen LogP contribution in [0.3, 0.4) is 0 Å². The van der Waals surface area contributed by atoms with E-state index in [2.05, 4.69) is 5.32 Å². The van der Waals surface area contributed by atoms with Gasteiger partial charge in [0, 0.05) is 18.7 Å². The van der Waals surface area contributed by atoms with Crippen LogP contribution in [0.15, 0.2) is 47.4 Å². The normalized spacial score (nSPS) is 12.9. The van der Waals surface area contributed by atoms with Crippen LogP contribution in [0.4, 0.5) is 0 Å². The molecule has 194 valence electrons. The predicted molar refractivity (Wildman–Crippen MR) is 138 cm³/mol. The van der Waals surface area contributed by atoms with Crippen LogP contribution < -0.4 is 5.32 Å². The van der Waals surface area contributed by atoms with Crippen molar-refractivity contribution < 1.29 is 31.2 Å². The number of ether oxygens (including phenoxy) is 1. The van der Waals surface area contributed by atoms with Crippen molar-refractivity contribution in [1.82, 2.24) is 9.88 Å². The predicted octanol–water partition coefficient (Wildman–Crippen LogP) is 2.99. The first-order chi connectivity index (χ1) is 16.7. The first-order valence-corrected chi connectivity index (χ1v) is 15.0. The fourth-order valence-electron chi connectivity index (χ4n) is 3.64. The standard InChI is InChI=1S/C24H27ClN2O7S2/c1-15-11-20(25)19-13-22(27(3)21(19)12-15)24(29)26-16(2)17-5-7-18(8-6-17)36(32,33)14-23(28)34-9-10-35(4,30)31/h5-8,11-13,16H,9-10,14H2,1-4H3,(H,26,29). The van der Waals surface area contributed by atoms with Crippen molar-refractivity contribution >= 4 is 54.1 Å². The summed E-state index contributed by atoms with van der Waals surface area (Å²) in [5, 5.41) is 4.23. The molecule has 36 heavy (non-hydrogen) atoms. The maximum absolute atomic E-state index is 13.0. The van der Waals surface area contributed by atoms with Crippen LogP contribution in [0, 0.1) is 6.92 Å². The second-order valence-electron chi connectivity index (χ2n) is 8.64. The van der Waals surface area contributed by atoms with E-state index in [1.165, 1.54) is 12.1 Å². The van der Waals surface area contributed by atoms with Crippen molar-refractivity contribution in [3.63, 3.8) is 0 Å². The number of aryl methyl sites for hydroxylation is 2. The molecule has 3 rings (SSSR count). The van der Waals surface area contributed by atoms with Crippen LogP contribution in [-0.2, 0) is 36.3 Å². The van der Waals surface area contributed by atoms with Crippen LogP contribution >= 0.6 is 11.6 Å². The zero-order chi connectivity index (χ0) is 26.8. The highest BCUT2D eigenvalue weighted by atomic mass is 35.5. The number of sulfone groups is 2. The first kappa shape index (κ1) is 27.7. The highest BCUT2D eigenvalue weighted by Gasteiger charge is 2.22. The third kappa shape index (κ3) is 6.65. The van der Waals surface area contributed by atoms with Crippen LogP contribution in [0.2, 0.25) is 5.02 Å². The third-order valence-electron chi connectivity index (χ3n) is 5.60. The van der Waals surface area contributed by atoms with E-state index < -0.39 is 44.0 Å². The SMILES string of the molecule is Cc1cc(Cl)c2cc(C(=O)NC(C)c3ccc(S(=O)(=O)CC(=O)OCCS(C)(=O)=O)cc3)n(C)c2c1. The molecule has 9 nitrogen and oxygen atoms in total. The van der Waals surface area contributed by atoms with Gasteiger partial charge in [0.25, 0.3) is 5.91 Å².